The van der Waals surface area contributed by atoms with Crippen LogP contribution in [-0.4, -0.2) is 47.1 Å². The summed E-state index contributed by atoms with van der Waals surface area (Å²) in [4.78, 5) is 15.4. The van der Waals surface area contributed by atoms with Gasteiger partial charge in [-0.3, -0.25) is 4.79 Å². The molecule has 0 radical (unpaired) electrons. The molecule has 1 fully saturated rings. The van der Waals surface area contributed by atoms with Crippen molar-refractivity contribution in [3.05, 3.63) is 59.0 Å². The highest BCUT2D eigenvalue weighted by molar-refractivity contribution is 6.15. The number of carbonyl (C=O) groups excluding carboxylic acids is 1. The van der Waals surface area contributed by atoms with Gasteiger partial charge in [0.1, 0.15) is 17.2 Å². The maximum Gasteiger partial charge on any atom is 0.231 e. The lowest BCUT2D eigenvalue weighted by Gasteiger charge is -2.26. The first kappa shape index (κ1) is 20.6. The second-order valence-corrected chi connectivity index (χ2v) is 8.56. The molecule has 1 saturated heterocycles. The van der Waals surface area contributed by atoms with Crippen molar-refractivity contribution in [1.29, 1.82) is 0 Å². The predicted octanol–water partition coefficient (Wildman–Crippen LogP) is 4.77. The molecular formula is C26H28N2O4. The molecule has 0 saturated carbocycles. The number of ketones is 1. The van der Waals surface area contributed by atoms with Crippen molar-refractivity contribution in [2.24, 2.45) is 0 Å². The molecule has 0 unspecified atom stereocenters. The Hall–Kier alpha value is -3.25. The normalized spacial score (nSPS) is 17.7. The van der Waals surface area contributed by atoms with Gasteiger partial charge in [0.05, 0.1) is 12.7 Å². The molecule has 2 aliphatic rings. The molecule has 2 aliphatic heterocycles. The third kappa shape index (κ3) is 3.65. The summed E-state index contributed by atoms with van der Waals surface area (Å²) in [7, 11) is 1.66. The van der Waals surface area contributed by atoms with Crippen LogP contribution in [0, 0.1) is 6.92 Å². The third-order valence-corrected chi connectivity index (χ3v) is 6.60. The SMILES string of the molecule is COc1ccc2c(c1)c(/C=C1\Oc3cc(O)ccc3C1=O)c(C)n2CCN1CCCCC1. The summed E-state index contributed by atoms with van der Waals surface area (Å²) in [6.45, 7) is 6.31. The van der Waals surface area contributed by atoms with Gasteiger partial charge in [-0.25, -0.2) is 0 Å². The topological polar surface area (TPSA) is 63.9 Å². The number of hydrogen-bond donors (Lipinski definition) is 1. The molecule has 0 atom stereocenters. The number of benzene rings is 2. The number of hydrogen-bond acceptors (Lipinski definition) is 5. The summed E-state index contributed by atoms with van der Waals surface area (Å²) in [6, 6.07) is 10.7. The first-order valence-corrected chi connectivity index (χ1v) is 11.2. The zero-order chi connectivity index (χ0) is 22.2. The number of ether oxygens (including phenoxy) is 2. The van der Waals surface area contributed by atoms with E-state index in [4.69, 9.17) is 9.47 Å². The second kappa shape index (κ2) is 8.36. The van der Waals surface area contributed by atoms with E-state index in [-0.39, 0.29) is 17.3 Å². The van der Waals surface area contributed by atoms with E-state index < -0.39 is 0 Å². The lowest BCUT2D eigenvalue weighted by atomic mass is 10.1. The van der Waals surface area contributed by atoms with Crippen LogP contribution >= 0.6 is 0 Å². The number of aromatic nitrogens is 1. The standard InChI is InChI=1S/C26H28N2O4/c1-17-21(16-25-26(30)20-8-6-18(29)14-24(20)32-25)22-15-19(31-2)7-9-23(22)28(17)13-12-27-10-4-3-5-11-27/h6-9,14-16,29H,3-5,10-13H2,1-2H3/b25-16-. The van der Waals surface area contributed by atoms with Crippen molar-refractivity contribution in [1.82, 2.24) is 9.47 Å². The Kier molecular flexibility index (Phi) is 5.39. The highest BCUT2D eigenvalue weighted by atomic mass is 16.5. The average Bonchev–Trinajstić information content (AvgIpc) is 3.25. The molecule has 3 aromatic rings. The largest absolute Gasteiger partial charge is 0.508 e. The van der Waals surface area contributed by atoms with E-state index >= 15 is 0 Å². The monoisotopic (exact) mass is 432 g/mol. The smallest absolute Gasteiger partial charge is 0.231 e. The zero-order valence-corrected chi connectivity index (χ0v) is 18.6. The van der Waals surface area contributed by atoms with Crippen LogP contribution in [0.5, 0.6) is 17.2 Å². The van der Waals surface area contributed by atoms with Crippen LogP contribution in [0.3, 0.4) is 0 Å². The number of nitrogens with zero attached hydrogens (tertiary/aromatic N) is 2. The third-order valence-electron chi connectivity index (χ3n) is 6.60. The molecule has 32 heavy (non-hydrogen) atoms. The fraction of sp³-hybridized carbons (Fsp3) is 0.346. The molecule has 0 aliphatic carbocycles. The van der Waals surface area contributed by atoms with E-state index in [9.17, 15) is 9.90 Å². The van der Waals surface area contributed by atoms with E-state index in [0.717, 1.165) is 54.1 Å². The van der Waals surface area contributed by atoms with Gasteiger partial charge in [0.25, 0.3) is 0 Å². The zero-order valence-electron chi connectivity index (χ0n) is 18.6. The first-order chi connectivity index (χ1) is 15.5. The van der Waals surface area contributed by atoms with Gasteiger partial charge in [-0.05, 0) is 69.3 Å². The summed E-state index contributed by atoms with van der Waals surface area (Å²) in [6.07, 6.45) is 5.70. The van der Waals surface area contributed by atoms with Crippen molar-refractivity contribution >= 4 is 22.8 Å². The Morgan fingerprint density at radius 3 is 2.69 bits per heavy atom. The summed E-state index contributed by atoms with van der Waals surface area (Å²) in [5.41, 5.74) is 3.64. The van der Waals surface area contributed by atoms with E-state index in [1.54, 1.807) is 13.2 Å². The van der Waals surface area contributed by atoms with Gasteiger partial charge in [-0.1, -0.05) is 6.42 Å². The summed E-state index contributed by atoms with van der Waals surface area (Å²) in [5.74, 6) is 1.35. The van der Waals surface area contributed by atoms with Gasteiger partial charge in [0.2, 0.25) is 5.78 Å². The molecule has 166 valence electrons. The van der Waals surface area contributed by atoms with Crippen LogP contribution in [0.15, 0.2) is 42.2 Å². The van der Waals surface area contributed by atoms with E-state index in [0.29, 0.717) is 11.3 Å². The number of allylic oxidation sites excluding steroid dienone is 1. The van der Waals surface area contributed by atoms with Crippen LogP contribution in [0.1, 0.15) is 40.9 Å². The molecule has 0 spiro atoms. The number of rotatable bonds is 5. The molecule has 0 bridgehead atoms. The minimum Gasteiger partial charge on any atom is -0.508 e. The number of phenolic OH excluding ortho intramolecular Hbond substituents is 1. The van der Waals surface area contributed by atoms with Crippen LogP contribution in [-0.2, 0) is 6.54 Å². The number of methoxy groups -OCH3 is 1. The van der Waals surface area contributed by atoms with Crippen molar-refractivity contribution in [2.45, 2.75) is 32.7 Å². The van der Waals surface area contributed by atoms with Gasteiger partial charge >= 0.3 is 0 Å². The number of fused-ring (bicyclic) bond motifs is 2. The van der Waals surface area contributed by atoms with Gasteiger partial charge in [-0.2, -0.15) is 0 Å². The summed E-state index contributed by atoms with van der Waals surface area (Å²) >= 11 is 0. The average molecular weight is 433 g/mol. The number of piperidine rings is 1. The first-order valence-electron chi connectivity index (χ1n) is 11.2. The maximum absolute atomic E-state index is 12.9. The predicted molar refractivity (Wildman–Crippen MR) is 125 cm³/mol. The van der Waals surface area contributed by atoms with E-state index in [1.165, 1.54) is 31.4 Å². The Labute approximate surface area is 187 Å². The Bertz CT molecular complexity index is 1220. The van der Waals surface area contributed by atoms with E-state index in [2.05, 4.69) is 22.5 Å². The molecule has 1 aromatic heterocycles. The second-order valence-electron chi connectivity index (χ2n) is 8.56. The molecule has 6 heteroatoms. The summed E-state index contributed by atoms with van der Waals surface area (Å²) in [5, 5.41) is 10.8. The minimum absolute atomic E-state index is 0.0769. The van der Waals surface area contributed by atoms with Crippen LogP contribution in [0.2, 0.25) is 0 Å². The van der Waals surface area contributed by atoms with Gasteiger partial charge in [0, 0.05) is 41.3 Å². The molecule has 0 amide bonds. The number of aromatic hydroxyl groups is 1. The molecule has 2 aromatic carbocycles. The number of likely N-dealkylation sites (tertiary alicyclic amines) is 1. The lowest BCUT2D eigenvalue weighted by Crippen LogP contribution is -2.32. The number of Topliss-reactive ketones (excluding diaryl/α,β-unsaturated/α-hetero) is 1. The number of phenols is 1. The molecule has 1 N–H and O–H groups in total. The van der Waals surface area contributed by atoms with Crippen LogP contribution in [0.25, 0.3) is 17.0 Å². The van der Waals surface area contributed by atoms with Crippen molar-refractivity contribution in [2.75, 3.05) is 26.7 Å². The quantitative estimate of drug-likeness (QED) is 0.589. The van der Waals surface area contributed by atoms with Crippen molar-refractivity contribution in [3.8, 4) is 17.2 Å². The Balaban J connectivity index is 1.54. The maximum atomic E-state index is 12.9. The molecule has 5 rings (SSSR count). The van der Waals surface area contributed by atoms with Crippen LogP contribution in [0.4, 0.5) is 0 Å². The Morgan fingerprint density at radius 2 is 1.91 bits per heavy atom. The number of carbonyl (C=O) groups is 1. The van der Waals surface area contributed by atoms with Crippen molar-refractivity contribution in [3.63, 3.8) is 0 Å². The molecular weight excluding hydrogens is 404 g/mol. The summed E-state index contributed by atoms with van der Waals surface area (Å²) < 4.78 is 13.6. The highest BCUT2D eigenvalue weighted by Gasteiger charge is 2.28. The van der Waals surface area contributed by atoms with Gasteiger partial charge in [0.15, 0.2) is 5.76 Å². The van der Waals surface area contributed by atoms with Crippen molar-refractivity contribution < 1.29 is 19.4 Å². The lowest BCUT2D eigenvalue weighted by molar-refractivity contribution is 0.101. The van der Waals surface area contributed by atoms with Crippen LogP contribution < -0.4 is 9.47 Å². The molecule has 6 nitrogen and oxygen atoms in total. The minimum atomic E-state index is -0.170. The molecule has 3 heterocycles. The Morgan fingerprint density at radius 1 is 1.09 bits per heavy atom. The van der Waals surface area contributed by atoms with Gasteiger partial charge in [-0.15, -0.1) is 0 Å². The van der Waals surface area contributed by atoms with Gasteiger partial charge < -0.3 is 24.0 Å². The highest BCUT2D eigenvalue weighted by Crippen LogP contribution is 2.37. The van der Waals surface area contributed by atoms with E-state index in [1.807, 2.05) is 18.2 Å². The fourth-order valence-corrected chi connectivity index (χ4v) is 4.82. The fourth-order valence-electron chi connectivity index (χ4n) is 4.82.